The van der Waals surface area contributed by atoms with E-state index >= 15 is 4.39 Å². The minimum atomic E-state index is -0.804. The van der Waals surface area contributed by atoms with Crippen LogP contribution in [0.2, 0.25) is 5.02 Å². The lowest BCUT2D eigenvalue weighted by molar-refractivity contribution is 0.579. The fourth-order valence-corrected chi connectivity index (χ4v) is 4.17. The Labute approximate surface area is 202 Å². The van der Waals surface area contributed by atoms with Crippen LogP contribution in [0.25, 0.3) is 10.8 Å². The Balaban J connectivity index is 1.42. The average molecular weight is 480 g/mol. The van der Waals surface area contributed by atoms with Crippen molar-refractivity contribution < 1.29 is 13.2 Å². The SMILES string of the molecule is C=CCCc1ccc(CCc2ccc3c(F)c(CCc4cc(F)c(Cl)c(F)c4)ccc3c2)nc1. The van der Waals surface area contributed by atoms with Gasteiger partial charge in [0.1, 0.15) is 22.5 Å². The molecule has 0 saturated heterocycles. The first-order valence-corrected chi connectivity index (χ1v) is 11.7. The van der Waals surface area contributed by atoms with Crippen molar-refractivity contribution in [1.29, 1.82) is 0 Å². The minimum Gasteiger partial charge on any atom is -0.261 e. The molecule has 3 aromatic carbocycles. The highest BCUT2D eigenvalue weighted by molar-refractivity contribution is 6.30. The Kier molecular flexibility index (Phi) is 7.69. The zero-order chi connectivity index (χ0) is 24.1. The normalized spacial score (nSPS) is 11.2. The molecule has 34 heavy (non-hydrogen) atoms. The molecule has 0 aliphatic rings. The summed E-state index contributed by atoms with van der Waals surface area (Å²) in [6.07, 6.45) is 7.97. The van der Waals surface area contributed by atoms with Crippen LogP contribution in [0.1, 0.15) is 34.4 Å². The van der Waals surface area contributed by atoms with E-state index in [9.17, 15) is 8.78 Å². The Bertz CT molecular complexity index is 1290. The third kappa shape index (κ3) is 5.68. The lowest BCUT2D eigenvalue weighted by Crippen LogP contribution is -1.99. The average Bonchev–Trinajstić information content (AvgIpc) is 2.85. The van der Waals surface area contributed by atoms with E-state index in [4.69, 9.17) is 11.6 Å². The molecule has 1 aromatic heterocycles. The number of hydrogen-bond acceptors (Lipinski definition) is 1. The quantitative estimate of drug-likeness (QED) is 0.175. The molecule has 0 spiro atoms. The van der Waals surface area contributed by atoms with Crippen LogP contribution in [-0.2, 0) is 32.1 Å². The van der Waals surface area contributed by atoms with Gasteiger partial charge >= 0.3 is 0 Å². The molecule has 0 radical (unpaired) electrons. The molecule has 0 aliphatic carbocycles. The van der Waals surface area contributed by atoms with Crippen LogP contribution < -0.4 is 0 Å². The number of rotatable bonds is 9. The van der Waals surface area contributed by atoms with Gasteiger partial charge in [0, 0.05) is 17.3 Å². The number of nitrogens with zero attached hydrogens (tertiary/aromatic N) is 1. The molecule has 4 aromatic rings. The number of allylic oxidation sites excluding steroid dienone is 1. The van der Waals surface area contributed by atoms with Gasteiger partial charge in [-0.1, -0.05) is 54.1 Å². The van der Waals surface area contributed by atoms with E-state index < -0.39 is 16.7 Å². The van der Waals surface area contributed by atoms with E-state index in [0.29, 0.717) is 29.4 Å². The third-order valence-electron chi connectivity index (χ3n) is 6.02. The summed E-state index contributed by atoms with van der Waals surface area (Å²) >= 11 is 5.53. The zero-order valence-electron chi connectivity index (χ0n) is 18.8. The summed E-state index contributed by atoms with van der Waals surface area (Å²) in [5.74, 6) is -1.90. The maximum absolute atomic E-state index is 15.1. The molecule has 1 nitrogen and oxygen atoms in total. The number of benzene rings is 3. The van der Waals surface area contributed by atoms with E-state index in [1.54, 1.807) is 12.1 Å². The summed E-state index contributed by atoms with van der Waals surface area (Å²) in [6, 6.07) is 15.9. The fourth-order valence-electron chi connectivity index (χ4n) is 4.06. The first-order valence-electron chi connectivity index (χ1n) is 11.3. The molecule has 0 N–H and O–H groups in total. The van der Waals surface area contributed by atoms with Gasteiger partial charge in [-0.3, -0.25) is 4.98 Å². The van der Waals surface area contributed by atoms with Crippen LogP contribution in [-0.4, -0.2) is 4.98 Å². The highest BCUT2D eigenvalue weighted by Gasteiger charge is 2.12. The minimum absolute atomic E-state index is 0.296. The van der Waals surface area contributed by atoms with Crippen molar-refractivity contribution in [3.63, 3.8) is 0 Å². The van der Waals surface area contributed by atoms with Crippen molar-refractivity contribution in [2.24, 2.45) is 0 Å². The summed E-state index contributed by atoms with van der Waals surface area (Å²) < 4.78 is 42.5. The second kappa shape index (κ2) is 10.9. The second-order valence-electron chi connectivity index (χ2n) is 8.45. The lowest BCUT2D eigenvalue weighted by Gasteiger charge is -2.10. The van der Waals surface area contributed by atoms with E-state index in [0.717, 1.165) is 42.3 Å². The van der Waals surface area contributed by atoms with Crippen LogP contribution in [0.5, 0.6) is 0 Å². The Morgan fingerprint density at radius 1 is 0.765 bits per heavy atom. The van der Waals surface area contributed by atoms with Crippen LogP contribution in [0, 0.1) is 17.5 Å². The summed E-state index contributed by atoms with van der Waals surface area (Å²) in [4.78, 5) is 4.55. The van der Waals surface area contributed by atoms with Crippen molar-refractivity contribution in [3.8, 4) is 0 Å². The summed E-state index contributed by atoms with van der Waals surface area (Å²) in [7, 11) is 0. The molecular weight excluding hydrogens is 455 g/mol. The zero-order valence-corrected chi connectivity index (χ0v) is 19.5. The molecule has 0 unspecified atom stereocenters. The van der Waals surface area contributed by atoms with E-state index in [-0.39, 0.29) is 5.82 Å². The monoisotopic (exact) mass is 479 g/mol. The highest BCUT2D eigenvalue weighted by Crippen LogP contribution is 2.25. The molecular formula is C29H25ClF3N. The van der Waals surface area contributed by atoms with E-state index in [2.05, 4.69) is 23.7 Å². The van der Waals surface area contributed by atoms with Gasteiger partial charge in [-0.15, -0.1) is 6.58 Å². The number of fused-ring (bicyclic) bond motifs is 1. The Hall–Kier alpha value is -3.11. The molecule has 5 heteroatoms. The largest absolute Gasteiger partial charge is 0.261 e. The molecule has 0 saturated carbocycles. The standard InChI is InChI=1S/C29H25ClF3N/c1-2-3-4-20-7-13-24(34-18-20)12-6-19-8-14-25-23(15-19)11-10-22(29(25)33)9-5-21-16-26(31)28(30)27(32)17-21/h2,7-8,10-11,13-18H,1,3-6,9,12H2. The fraction of sp³-hybridized carbons (Fsp3) is 0.207. The van der Waals surface area contributed by atoms with Crippen LogP contribution >= 0.6 is 11.6 Å². The number of hydrogen-bond donors (Lipinski definition) is 0. The number of pyridine rings is 1. The number of aryl methyl sites for hydroxylation is 5. The van der Waals surface area contributed by atoms with Gasteiger partial charge in [-0.05, 0) is 84.4 Å². The van der Waals surface area contributed by atoms with E-state index in [1.165, 1.54) is 17.7 Å². The molecule has 0 bridgehead atoms. The van der Waals surface area contributed by atoms with E-state index in [1.807, 2.05) is 30.5 Å². The number of aromatic nitrogens is 1. The lowest BCUT2D eigenvalue weighted by atomic mass is 9.97. The maximum atomic E-state index is 15.1. The van der Waals surface area contributed by atoms with Crippen molar-refractivity contribution in [2.45, 2.75) is 38.5 Å². The van der Waals surface area contributed by atoms with Crippen LogP contribution in [0.4, 0.5) is 13.2 Å². The predicted octanol–water partition coefficient (Wildman–Crippen LogP) is 7.99. The van der Waals surface area contributed by atoms with Gasteiger partial charge in [0.15, 0.2) is 0 Å². The Morgan fingerprint density at radius 2 is 1.50 bits per heavy atom. The van der Waals surface area contributed by atoms with Gasteiger partial charge in [0.2, 0.25) is 0 Å². The van der Waals surface area contributed by atoms with Crippen molar-refractivity contribution >= 4 is 22.4 Å². The van der Waals surface area contributed by atoms with Gasteiger partial charge in [0.05, 0.1) is 0 Å². The smallest absolute Gasteiger partial charge is 0.145 e. The summed E-state index contributed by atoms with van der Waals surface area (Å²) in [5.41, 5.74) is 4.30. The molecule has 4 rings (SSSR count). The molecule has 0 atom stereocenters. The first-order chi connectivity index (χ1) is 16.4. The Morgan fingerprint density at radius 3 is 2.21 bits per heavy atom. The van der Waals surface area contributed by atoms with Gasteiger partial charge in [-0.2, -0.15) is 0 Å². The maximum Gasteiger partial charge on any atom is 0.145 e. The second-order valence-corrected chi connectivity index (χ2v) is 8.83. The summed E-state index contributed by atoms with van der Waals surface area (Å²) in [6.45, 7) is 3.75. The van der Waals surface area contributed by atoms with Crippen LogP contribution in [0.3, 0.4) is 0 Å². The van der Waals surface area contributed by atoms with Gasteiger partial charge < -0.3 is 0 Å². The van der Waals surface area contributed by atoms with Crippen molar-refractivity contribution in [1.82, 2.24) is 4.98 Å². The molecule has 0 aliphatic heterocycles. The molecule has 174 valence electrons. The van der Waals surface area contributed by atoms with Crippen molar-refractivity contribution in [3.05, 3.63) is 124 Å². The van der Waals surface area contributed by atoms with Crippen LogP contribution in [0.15, 0.2) is 73.4 Å². The highest BCUT2D eigenvalue weighted by atomic mass is 35.5. The predicted molar refractivity (Wildman–Crippen MR) is 133 cm³/mol. The van der Waals surface area contributed by atoms with Crippen molar-refractivity contribution in [2.75, 3.05) is 0 Å². The third-order valence-corrected chi connectivity index (χ3v) is 6.38. The number of halogens is 4. The van der Waals surface area contributed by atoms with Gasteiger partial charge in [-0.25, -0.2) is 13.2 Å². The molecule has 0 fully saturated rings. The topological polar surface area (TPSA) is 12.9 Å². The first kappa shape index (κ1) is 24.0. The summed E-state index contributed by atoms with van der Waals surface area (Å²) in [5, 5.41) is 0.849. The van der Waals surface area contributed by atoms with Gasteiger partial charge in [0.25, 0.3) is 0 Å². The molecule has 1 heterocycles. The molecule has 0 amide bonds.